The predicted molar refractivity (Wildman–Crippen MR) is 124 cm³/mol. The van der Waals surface area contributed by atoms with Crippen molar-refractivity contribution in [2.45, 2.75) is 31.8 Å². The minimum absolute atomic E-state index is 0.0507. The van der Waals surface area contributed by atoms with Crippen molar-refractivity contribution in [1.82, 2.24) is 29.0 Å². The van der Waals surface area contributed by atoms with Crippen LogP contribution >= 0.6 is 0 Å². The molecular formula is C20H29N9O3S. The van der Waals surface area contributed by atoms with E-state index in [4.69, 9.17) is 20.4 Å². The van der Waals surface area contributed by atoms with Crippen LogP contribution in [0, 0.1) is 0 Å². The first-order chi connectivity index (χ1) is 15.9. The van der Waals surface area contributed by atoms with Crippen LogP contribution in [-0.4, -0.2) is 91.2 Å². The second kappa shape index (κ2) is 8.63. The highest BCUT2D eigenvalue weighted by Crippen LogP contribution is 2.38. The van der Waals surface area contributed by atoms with E-state index < -0.39 is 10.2 Å². The Morgan fingerprint density at radius 3 is 2.67 bits per heavy atom. The Bertz CT molecular complexity index is 1130. The second-order valence-corrected chi connectivity index (χ2v) is 10.4. The molecule has 5 rings (SSSR count). The third-order valence-corrected chi connectivity index (χ3v) is 8.11. The molecule has 2 atom stereocenters. The fraction of sp³-hybridized carbons (Fsp3) is 0.600. The van der Waals surface area contributed by atoms with Gasteiger partial charge in [-0.15, -0.1) is 0 Å². The molecule has 2 aromatic heterocycles. The molecule has 3 aliphatic rings. The number of fused-ring (bicyclic) bond motifs is 1. The van der Waals surface area contributed by atoms with Crippen LogP contribution in [0.5, 0.6) is 0 Å². The van der Waals surface area contributed by atoms with Gasteiger partial charge >= 0.3 is 0 Å². The number of aromatic nitrogens is 4. The molecule has 3 N–H and O–H groups in total. The van der Waals surface area contributed by atoms with E-state index in [0.717, 1.165) is 42.0 Å². The lowest BCUT2D eigenvalue weighted by atomic mass is 10.1. The predicted octanol–water partition coefficient (Wildman–Crippen LogP) is -0.358. The molecule has 0 spiro atoms. The number of nitrogens with one attached hydrogen (secondary N) is 1. The summed E-state index contributed by atoms with van der Waals surface area (Å²) in [4.78, 5) is 22.7. The number of ether oxygens (including phenoxy) is 1. The summed E-state index contributed by atoms with van der Waals surface area (Å²) in [6.07, 6.45) is 4.89. The van der Waals surface area contributed by atoms with Gasteiger partial charge in [0.15, 0.2) is 0 Å². The summed E-state index contributed by atoms with van der Waals surface area (Å²) in [5.41, 5.74) is 8.32. The molecular weight excluding hydrogens is 446 g/mol. The average Bonchev–Trinajstić information content (AvgIpc) is 3.47. The number of hydrogen-bond donors (Lipinski definition) is 2. The minimum Gasteiger partial charge on any atom is -0.377 e. The van der Waals surface area contributed by atoms with E-state index >= 15 is 0 Å². The Hall–Kier alpha value is -2.61. The Kier molecular flexibility index (Phi) is 5.80. The molecule has 33 heavy (non-hydrogen) atoms. The summed E-state index contributed by atoms with van der Waals surface area (Å²) in [5.74, 6) is 1.71. The first kappa shape index (κ1) is 22.2. The molecule has 3 aliphatic heterocycles. The lowest BCUT2D eigenvalue weighted by molar-refractivity contribution is 0.0981. The van der Waals surface area contributed by atoms with E-state index in [2.05, 4.69) is 31.4 Å². The maximum atomic E-state index is 12.3. The zero-order chi connectivity index (χ0) is 23.2. The van der Waals surface area contributed by atoms with E-state index in [9.17, 15) is 8.42 Å². The van der Waals surface area contributed by atoms with Crippen molar-refractivity contribution in [2.24, 2.45) is 0 Å². The molecule has 0 amide bonds. The average molecular weight is 476 g/mol. The SMILES string of the molecule is CNS(=O)(=O)N1CC[C@H](N2CCc3c(-c4cnc(N)nc4)nc(N4CCOC[C@@H]4C)nc32)C1. The Morgan fingerprint density at radius 1 is 1.15 bits per heavy atom. The molecule has 0 saturated carbocycles. The van der Waals surface area contributed by atoms with Gasteiger partial charge in [0, 0.05) is 62.8 Å². The molecule has 0 aromatic carbocycles. The molecule has 0 radical (unpaired) electrons. The van der Waals surface area contributed by atoms with Crippen LogP contribution in [0.15, 0.2) is 12.4 Å². The third kappa shape index (κ3) is 4.09. The largest absolute Gasteiger partial charge is 0.377 e. The molecule has 2 fully saturated rings. The van der Waals surface area contributed by atoms with Crippen LogP contribution < -0.4 is 20.3 Å². The zero-order valence-corrected chi connectivity index (χ0v) is 19.6. The third-order valence-electron chi connectivity index (χ3n) is 6.58. The van der Waals surface area contributed by atoms with Crippen molar-refractivity contribution >= 4 is 27.9 Å². The van der Waals surface area contributed by atoms with Crippen LogP contribution in [-0.2, 0) is 21.4 Å². The summed E-state index contributed by atoms with van der Waals surface area (Å²) >= 11 is 0. The maximum Gasteiger partial charge on any atom is 0.279 e. The Labute approximate surface area is 193 Å². The molecule has 2 saturated heterocycles. The highest BCUT2D eigenvalue weighted by atomic mass is 32.2. The molecule has 5 heterocycles. The van der Waals surface area contributed by atoms with Crippen molar-refractivity contribution in [2.75, 3.05) is 62.0 Å². The summed E-state index contributed by atoms with van der Waals surface area (Å²) in [6.45, 7) is 5.70. The number of nitrogens with zero attached hydrogens (tertiary/aromatic N) is 7. The van der Waals surface area contributed by atoms with Crippen molar-refractivity contribution in [1.29, 1.82) is 0 Å². The summed E-state index contributed by atoms with van der Waals surface area (Å²) < 4.78 is 34.1. The first-order valence-corrected chi connectivity index (χ1v) is 12.6. The molecule has 0 unspecified atom stereocenters. The summed E-state index contributed by atoms with van der Waals surface area (Å²) in [7, 11) is -2.01. The molecule has 0 bridgehead atoms. The van der Waals surface area contributed by atoms with Gasteiger partial charge in [0.25, 0.3) is 10.2 Å². The van der Waals surface area contributed by atoms with E-state index in [0.29, 0.717) is 38.8 Å². The first-order valence-electron chi connectivity index (χ1n) is 11.2. The molecule has 178 valence electrons. The minimum atomic E-state index is -3.45. The van der Waals surface area contributed by atoms with Gasteiger partial charge in [0.05, 0.1) is 24.9 Å². The van der Waals surface area contributed by atoms with Gasteiger partial charge in [-0.2, -0.15) is 17.7 Å². The number of anilines is 3. The van der Waals surface area contributed by atoms with Crippen molar-refractivity contribution in [3.8, 4) is 11.3 Å². The van der Waals surface area contributed by atoms with Gasteiger partial charge in [0.2, 0.25) is 11.9 Å². The molecule has 0 aliphatic carbocycles. The Balaban J connectivity index is 1.54. The molecule has 2 aromatic rings. The lowest BCUT2D eigenvalue weighted by Crippen LogP contribution is -2.45. The van der Waals surface area contributed by atoms with Gasteiger partial charge in [0.1, 0.15) is 5.82 Å². The van der Waals surface area contributed by atoms with Gasteiger partial charge in [-0.3, -0.25) is 0 Å². The highest BCUT2D eigenvalue weighted by Gasteiger charge is 2.38. The van der Waals surface area contributed by atoms with Gasteiger partial charge in [-0.1, -0.05) is 0 Å². The second-order valence-electron chi connectivity index (χ2n) is 8.57. The lowest BCUT2D eigenvalue weighted by Gasteiger charge is -2.34. The number of nitrogens with two attached hydrogens (primary N) is 1. The maximum absolute atomic E-state index is 12.3. The van der Waals surface area contributed by atoms with Crippen molar-refractivity contribution in [3.05, 3.63) is 18.0 Å². The monoisotopic (exact) mass is 475 g/mol. The fourth-order valence-corrected chi connectivity index (χ4v) is 5.76. The van der Waals surface area contributed by atoms with Crippen molar-refractivity contribution in [3.63, 3.8) is 0 Å². The van der Waals surface area contributed by atoms with Crippen LogP contribution in [0.4, 0.5) is 17.7 Å². The normalized spacial score (nSPS) is 23.8. The van der Waals surface area contributed by atoms with E-state index in [-0.39, 0.29) is 18.0 Å². The van der Waals surface area contributed by atoms with Gasteiger partial charge in [-0.05, 0) is 19.8 Å². The van der Waals surface area contributed by atoms with Crippen molar-refractivity contribution < 1.29 is 13.2 Å². The van der Waals surface area contributed by atoms with Gasteiger partial charge in [-0.25, -0.2) is 19.7 Å². The molecule has 12 nitrogen and oxygen atoms in total. The van der Waals surface area contributed by atoms with Crippen LogP contribution in [0.2, 0.25) is 0 Å². The molecule has 13 heteroatoms. The number of rotatable bonds is 5. The summed E-state index contributed by atoms with van der Waals surface area (Å²) in [6, 6.07) is 0.194. The van der Waals surface area contributed by atoms with E-state index in [1.165, 1.54) is 11.4 Å². The Morgan fingerprint density at radius 2 is 1.94 bits per heavy atom. The standard InChI is InChI=1S/C20H29N9O3S/c1-13-12-32-8-7-28(13)20-25-17(14-9-23-19(21)24-10-14)16-4-6-29(18(16)26-20)15-3-5-27(11-15)33(30,31)22-2/h9-10,13,15,22H,3-8,11-12H2,1-2H3,(H2,21,23,24)/t13-,15-/m0/s1. The van der Waals surface area contributed by atoms with Crippen LogP contribution in [0.3, 0.4) is 0 Å². The van der Waals surface area contributed by atoms with Crippen LogP contribution in [0.25, 0.3) is 11.3 Å². The number of morpholine rings is 1. The van der Waals surface area contributed by atoms with E-state index in [1.54, 1.807) is 12.4 Å². The number of hydrogen-bond acceptors (Lipinski definition) is 10. The fourth-order valence-electron chi connectivity index (χ4n) is 4.79. The highest BCUT2D eigenvalue weighted by molar-refractivity contribution is 7.87. The summed E-state index contributed by atoms with van der Waals surface area (Å²) in [5, 5.41) is 0. The smallest absolute Gasteiger partial charge is 0.279 e. The quantitative estimate of drug-likeness (QED) is 0.588. The van der Waals surface area contributed by atoms with Crippen LogP contribution in [0.1, 0.15) is 18.9 Å². The number of nitrogen functional groups attached to an aromatic ring is 1. The zero-order valence-electron chi connectivity index (χ0n) is 18.8. The van der Waals surface area contributed by atoms with Gasteiger partial charge < -0.3 is 20.3 Å². The topological polar surface area (TPSA) is 143 Å². The van der Waals surface area contributed by atoms with E-state index in [1.807, 2.05) is 0 Å².